The van der Waals surface area contributed by atoms with Crippen molar-refractivity contribution in [3.63, 3.8) is 0 Å². The van der Waals surface area contributed by atoms with Crippen LogP contribution in [0.1, 0.15) is 12.5 Å². The normalized spacial score (nSPS) is 15.6. The molecule has 5 rings (SSSR count). The number of fused-ring (bicyclic) bond motifs is 1. The lowest BCUT2D eigenvalue weighted by molar-refractivity contribution is -0.385. The van der Waals surface area contributed by atoms with Crippen LogP contribution in [0.25, 0.3) is 20.7 Å². The van der Waals surface area contributed by atoms with Crippen LogP contribution in [-0.4, -0.2) is 65.5 Å². The summed E-state index contributed by atoms with van der Waals surface area (Å²) in [6.45, 7) is 8.53. The predicted octanol–water partition coefficient (Wildman–Crippen LogP) is 5.53. The molecule has 0 saturated carbocycles. The molecule has 8 nitrogen and oxygen atoms in total. The zero-order valence-corrected chi connectivity index (χ0v) is 22.2. The number of nitro benzene ring substituents is 1. The fourth-order valence-corrected chi connectivity index (χ4v) is 5.62. The SMILES string of the molecule is CC(CNCc1ccc(-c2cc3nccc(Oc4ccc([N+](=O)[O-])cc4F)c3s2)cc1)N1CCN(C)CC1. The largest absolute Gasteiger partial charge is 0.453 e. The molecule has 2 aromatic heterocycles. The van der Waals surface area contributed by atoms with Crippen LogP contribution >= 0.6 is 11.3 Å². The maximum absolute atomic E-state index is 14.4. The highest BCUT2D eigenvalue weighted by molar-refractivity contribution is 7.22. The minimum absolute atomic E-state index is 0.0724. The van der Waals surface area contributed by atoms with Crippen molar-refractivity contribution in [1.82, 2.24) is 20.1 Å². The third kappa shape index (κ3) is 5.99. The molecule has 1 saturated heterocycles. The number of aromatic nitrogens is 1. The Balaban J connectivity index is 1.23. The molecule has 0 aliphatic carbocycles. The van der Waals surface area contributed by atoms with Crippen LogP contribution < -0.4 is 10.1 Å². The summed E-state index contributed by atoms with van der Waals surface area (Å²) in [5.74, 6) is -0.408. The number of likely N-dealkylation sites (N-methyl/N-ethyl adjacent to an activating group) is 1. The molecule has 0 bridgehead atoms. The average molecular weight is 536 g/mol. The molecule has 4 aromatic rings. The number of ether oxygens (including phenoxy) is 1. The van der Waals surface area contributed by atoms with Gasteiger partial charge in [-0.15, -0.1) is 11.3 Å². The highest BCUT2D eigenvalue weighted by atomic mass is 32.1. The number of nitrogens with zero attached hydrogens (tertiary/aromatic N) is 4. The second-order valence-corrected chi connectivity index (χ2v) is 10.7. The van der Waals surface area contributed by atoms with Crippen LogP contribution in [0.4, 0.5) is 10.1 Å². The van der Waals surface area contributed by atoms with Gasteiger partial charge in [-0.2, -0.15) is 0 Å². The minimum Gasteiger partial charge on any atom is -0.453 e. The fourth-order valence-electron chi connectivity index (χ4n) is 4.55. The topological polar surface area (TPSA) is 83.8 Å². The van der Waals surface area contributed by atoms with Crippen molar-refractivity contribution in [2.24, 2.45) is 0 Å². The molecule has 0 radical (unpaired) electrons. The standard InChI is InChI=1S/C28H30FN5O3S/c1-19(33-13-11-32(2)12-14-33)17-30-18-20-3-5-21(6-4-20)27-16-24-28(38-27)26(9-10-31-24)37-25-8-7-22(34(35)36)15-23(25)29/h3-10,15-16,19,30H,11-14,17-18H2,1-2H3. The van der Waals surface area contributed by atoms with Crippen LogP contribution in [0.15, 0.2) is 60.8 Å². The Bertz CT molecular complexity index is 1420. The van der Waals surface area contributed by atoms with E-state index in [1.165, 1.54) is 29.0 Å². The molecule has 38 heavy (non-hydrogen) atoms. The number of halogens is 1. The smallest absolute Gasteiger partial charge is 0.272 e. The monoisotopic (exact) mass is 535 g/mol. The summed E-state index contributed by atoms with van der Waals surface area (Å²) in [5, 5.41) is 14.5. The van der Waals surface area contributed by atoms with Gasteiger partial charge >= 0.3 is 0 Å². The van der Waals surface area contributed by atoms with Gasteiger partial charge in [0.2, 0.25) is 0 Å². The zero-order chi connectivity index (χ0) is 26.6. The molecule has 0 spiro atoms. The minimum atomic E-state index is -0.789. The van der Waals surface area contributed by atoms with Crippen LogP contribution in [0.5, 0.6) is 11.5 Å². The number of hydrogen-bond donors (Lipinski definition) is 1. The van der Waals surface area contributed by atoms with Crippen molar-refractivity contribution in [2.45, 2.75) is 19.5 Å². The van der Waals surface area contributed by atoms with E-state index in [-0.39, 0.29) is 11.4 Å². The van der Waals surface area contributed by atoms with E-state index in [2.05, 4.69) is 58.3 Å². The van der Waals surface area contributed by atoms with Crippen molar-refractivity contribution >= 4 is 27.2 Å². The molecule has 1 N–H and O–H groups in total. The second-order valence-electron chi connectivity index (χ2n) is 9.62. The third-order valence-electron chi connectivity index (χ3n) is 6.89. The molecule has 1 unspecified atom stereocenters. The molecular formula is C28H30FN5O3S. The molecule has 0 amide bonds. The predicted molar refractivity (Wildman–Crippen MR) is 148 cm³/mol. The first-order valence-electron chi connectivity index (χ1n) is 12.6. The Morgan fingerprint density at radius 3 is 2.58 bits per heavy atom. The first kappa shape index (κ1) is 26.2. The van der Waals surface area contributed by atoms with E-state index < -0.39 is 10.7 Å². The summed E-state index contributed by atoms with van der Waals surface area (Å²) in [6, 6.07) is 16.0. The van der Waals surface area contributed by atoms with Crippen LogP contribution in [-0.2, 0) is 6.54 Å². The van der Waals surface area contributed by atoms with Crippen LogP contribution in [0, 0.1) is 15.9 Å². The van der Waals surface area contributed by atoms with Gasteiger partial charge in [0.15, 0.2) is 11.6 Å². The zero-order valence-electron chi connectivity index (χ0n) is 21.4. The van der Waals surface area contributed by atoms with E-state index in [9.17, 15) is 14.5 Å². The number of non-ortho nitro benzene ring substituents is 1. The third-order valence-corrected chi connectivity index (χ3v) is 8.08. The van der Waals surface area contributed by atoms with E-state index in [1.54, 1.807) is 12.3 Å². The lowest BCUT2D eigenvalue weighted by Gasteiger charge is -2.36. The Morgan fingerprint density at radius 2 is 1.87 bits per heavy atom. The summed E-state index contributed by atoms with van der Waals surface area (Å²) in [4.78, 5) is 20.6. The number of benzene rings is 2. The van der Waals surface area contributed by atoms with Gasteiger partial charge in [-0.1, -0.05) is 24.3 Å². The van der Waals surface area contributed by atoms with Gasteiger partial charge < -0.3 is 15.0 Å². The molecule has 198 valence electrons. The fraction of sp³-hybridized carbons (Fsp3) is 0.321. The summed E-state index contributed by atoms with van der Waals surface area (Å²) in [5.41, 5.74) is 2.70. The molecule has 1 aliphatic rings. The van der Waals surface area contributed by atoms with Crippen molar-refractivity contribution < 1.29 is 14.1 Å². The molecule has 1 atom stereocenters. The number of nitrogens with one attached hydrogen (secondary N) is 1. The van der Waals surface area contributed by atoms with E-state index in [4.69, 9.17) is 4.74 Å². The van der Waals surface area contributed by atoms with Crippen LogP contribution in [0.3, 0.4) is 0 Å². The molecule has 3 heterocycles. The average Bonchev–Trinajstić information content (AvgIpc) is 3.36. The van der Waals surface area contributed by atoms with Crippen molar-refractivity contribution in [1.29, 1.82) is 0 Å². The Morgan fingerprint density at radius 1 is 1.11 bits per heavy atom. The highest BCUT2D eigenvalue weighted by Gasteiger charge is 2.19. The van der Waals surface area contributed by atoms with Crippen molar-refractivity contribution in [3.05, 3.63) is 82.3 Å². The van der Waals surface area contributed by atoms with E-state index in [1.807, 2.05) is 6.07 Å². The summed E-state index contributed by atoms with van der Waals surface area (Å²) in [7, 11) is 2.18. The molecule has 1 fully saturated rings. The van der Waals surface area contributed by atoms with Gasteiger partial charge in [0.25, 0.3) is 5.69 Å². The van der Waals surface area contributed by atoms with Gasteiger partial charge in [-0.05, 0) is 37.2 Å². The Hall–Kier alpha value is -3.44. The lowest BCUT2D eigenvalue weighted by atomic mass is 10.1. The first-order chi connectivity index (χ1) is 18.4. The number of nitro groups is 1. The molecule has 10 heteroatoms. The number of thiophene rings is 1. The number of hydrogen-bond acceptors (Lipinski definition) is 8. The number of piperazine rings is 1. The van der Waals surface area contributed by atoms with Crippen molar-refractivity contribution in [3.8, 4) is 21.9 Å². The van der Waals surface area contributed by atoms with Gasteiger partial charge in [0, 0.05) is 68.5 Å². The quantitative estimate of drug-likeness (QED) is 0.223. The lowest BCUT2D eigenvalue weighted by Crippen LogP contribution is -2.50. The van der Waals surface area contributed by atoms with E-state index >= 15 is 0 Å². The molecular weight excluding hydrogens is 505 g/mol. The number of pyridine rings is 1. The van der Waals surface area contributed by atoms with Gasteiger partial charge in [0.05, 0.1) is 21.2 Å². The molecule has 2 aromatic carbocycles. The highest BCUT2D eigenvalue weighted by Crippen LogP contribution is 2.39. The summed E-state index contributed by atoms with van der Waals surface area (Å²) >= 11 is 1.51. The second kappa shape index (κ2) is 11.5. The van der Waals surface area contributed by atoms with Gasteiger partial charge in [-0.3, -0.25) is 20.0 Å². The maximum atomic E-state index is 14.4. The van der Waals surface area contributed by atoms with Crippen molar-refractivity contribution in [2.75, 3.05) is 39.8 Å². The Labute approximate surface area is 224 Å². The molecule has 1 aliphatic heterocycles. The Kier molecular flexibility index (Phi) is 7.94. The van der Waals surface area contributed by atoms with E-state index in [0.717, 1.165) is 66.0 Å². The van der Waals surface area contributed by atoms with Crippen LogP contribution in [0.2, 0.25) is 0 Å². The number of rotatable bonds is 9. The maximum Gasteiger partial charge on any atom is 0.272 e. The summed E-state index contributed by atoms with van der Waals surface area (Å²) in [6.07, 6.45) is 1.61. The van der Waals surface area contributed by atoms with Gasteiger partial charge in [0.1, 0.15) is 5.75 Å². The first-order valence-corrected chi connectivity index (χ1v) is 13.4. The van der Waals surface area contributed by atoms with E-state index in [0.29, 0.717) is 11.8 Å². The summed E-state index contributed by atoms with van der Waals surface area (Å²) < 4.78 is 21.0. The van der Waals surface area contributed by atoms with Gasteiger partial charge in [-0.25, -0.2) is 4.39 Å².